The van der Waals surface area contributed by atoms with Crippen molar-refractivity contribution in [2.45, 2.75) is 13.0 Å². The molecule has 0 bridgehead atoms. The largest absolute Gasteiger partial charge is 0.384 e. The highest BCUT2D eigenvalue weighted by Gasteiger charge is 2.22. The second-order valence-corrected chi connectivity index (χ2v) is 6.26. The van der Waals surface area contributed by atoms with E-state index < -0.39 is 0 Å². The van der Waals surface area contributed by atoms with Crippen LogP contribution in [0.3, 0.4) is 0 Å². The minimum absolute atomic E-state index is 0.647. The summed E-state index contributed by atoms with van der Waals surface area (Å²) in [5.41, 5.74) is 8.09. The maximum Gasteiger partial charge on any atom is 0.181 e. The zero-order valence-corrected chi connectivity index (χ0v) is 11.9. The van der Waals surface area contributed by atoms with Crippen molar-refractivity contribution >= 4 is 26.7 Å². The van der Waals surface area contributed by atoms with Gasteiger partial charge in [-0.25, -0.2) is 4.98 Å². The Morgan fingerprint density at radius 3 is 3.26 bits per heavy atom. The van der Waals surface area contributed by atoms with Crippen LogP contribution in [0.25, 0.3) is 10.2 Å². The van der Waals surface area contributed by atoms with Crippen molar-refractivity contribution in [1.29, 1.82) is 0 Å². The molecule has 1 aliphatic rings. The number of hydrogen-bond acceptors (Lipinski definition) is 5. The molecule has 1 aromatic carbocycles. The summed E-state index contributed by atoms with van der Waals surface area (Å²) in [5, 5.41) is 0.647. The molecule has 0 aliphatic carbocycles. The number of hydrogen-bond donors (Lipinski definition) is 1. The molecule has 0 saturated carbocycles. The summed E-state index contributed by atoms with van der Waals surface area (Å²) in [6, 6.07) is 6.44. The molecule has 1 unspecified atom stereocenters. The zero-order valence-electron chi connectivity index (χ0n) is 11.1. The SMILES string of the molecule is COCC1CCN(Cc2ccc3nc(N)sc3c2)C1. The summed E-state index contributed by atoms with van der Waals surface area (Å²) in [5.74, 6) is 0.688. The lowest BCUT2D eigenvalue weighted by Crippen LogP contribution is -2.21. The lowest BCUT2D eigenvalue weighted by molar-refractivity contribution is 0.152. The van der Waals surface area contributed by atoms with Crippen molar-refractivity contribution in [1.82, 2.24) is 9.88 Å². The summed E-state index contributed by atoms with van der Waals surface area (Å²) < 4.78 is 6.42. The molecule has 1 atom stereocenters. The number of nitrogens with two attached hydrogens (primary N) is 1. The molecule has 19 heavy (non-hydrogen) atoms. The van der Waals surface area contributed by atoms with E-state index in [2.05, 4.69) is 28.1 Å². The predicted molar refractivity (Wildman–Crippen MR) is 79.3 cm³/mol. The molecule has 1 fully saturated rings. The molecule has 3 rings (SSSR count). The number of rotatable bonds is 4. The van der Waals surface area contributed by atoms with E-state index in [1.165, 1.54) is 16.7 Å². The van der Waals surface area contributed by atoms with E-state index in [1.807, 2.05) is 0 Å². The molecule has 5 heteroatoms. The van der Waals surface area contributed by atoms with Crippen molar-refractivity contribution in [3.05, 3.63) is 23.8 Å². The Hall–Kier alpha value is -1.17. The third kappa shape index (κ3) is 2.88. The third-order valence-corrected chi connectivity index (χ3v) is 4.50. The first kappa shape index (κ1) is 12.8. The second-order valence-electron chi connectivity index (χ2n) is 5.20. The quantitative estimate of drug-likeness (QED) is 0.932. The van der Waals surface area contributed by atoms with E-state index in [0.29, 0.717) is 11.0 Å². The maximum absolute atomic E-state index is 5.74. The van der Waals surface area contributed by atoms with E-state index in [1.54, 1.807) is 18.4 Å². The van der Waals surface area contributed by atoms with Gasteiger partial charge in [0.15, 0.2) is 5.13 Å². The van der Waals surface area contributed by atoms with Crippen LogP contribution >= 0.6 is 11.3 Å². The van der Waals surface area contributed by atoms with Crippen molar-refractivity contribution in [3.8, 4) is 0 Å². The number of likely N-dealkylation sites (tertiary alicyclic amines) is 1. The number of ether oxygens (including phenoxy) is 1. The van der Waals surface area contributed by atoms with Gasteiger partial charge in [0.05, 0.1) is 16.8 Å². The molecule has 2 aromatic rings. The number of methoxy groups -OCH3 is 1. The molecule has 102 valence electrons. The molecular formula is C14H19N3OS. The average molecular weight is 277 g/mol. The molecule has 0 amide bonds. The first-order valence-electron chi connectivity index (χ1n) is 6.61. The molecule has 0 radical (unpaired) electrons. The highest BCUT2D eigenvalue weighted by atomic mass is 32.1. The van der Waals surface area contributed by atoms with Crippen molar-refractivity contribution in [2.24, 2.45) is 5.92 Å². The Balaban J connectivity index is 1.68. The molecular weight excluding hydrogens is 258 g/mol. The van der Waals surface area contributed by atoms with Gasteiger partial charge in [0, 0.05) is 20.2 Å². The number of fused-ring (bicyclic) bond motifs is 1. The molecule has 2 heterocycles. The van der Waals surface area contributed by atoms with Gasteiger partial charge in [-0.3, -0.25) is 4.90 Å². The normalized spacial score (nSPS) is 20.4. The van der Waals surface area contributed by atoms with Crippen LogP contribution in [0.5, 0.6) is 0 Å². The highest BCUT2D eigenvalue weighted by Crippen LogP contribution is 2.26. The molecule has 1 aliphatic heterocycles. The number of benzene rings is 1. The minimum atomic E-state index is 0.647. The Bertz CT molecular complexity index is 569. The van der Waals surface area contributed by atoms with Gasteiger partial charge in [0.1, 0.15) is 0 Å². The van der Waals surface area contributed by atoms with Gasteiger partial charge in [-0.2, -0.15) is 0 Å². The Morgan fingerprint density at radius 2 is 2.42 bits per heavy atom. The van der Waals surface area contributed by atoms with Crippen molar-refractivity contribution in [3.63, 3.8) is 0 Å². The Morgan fingerprint density at radius 1 is 1.53 bits per heavy atom. The van der Waals surface area contributed by atoms with Crippen molar-refractivity contribution in [2.75, 3.05) is 32.5 Å². The van der Waals surface area contributed by atoms with Crippen LogP contribution in [0.15, 0.2) is 18.2 Å². The predicted octanol–water partition coefficient (Wildman–Crippen LogP) is 2.35. The fraction of sp³-hybridized carbons (Fsp3) is 0.500. The van der Waals surface area contributed by atoms with E-state index in [0.717, 1.165) is 31.8 Å². The van der Waals surface area contributed by atoms with E-state index in [4.69, 9.17) is 10.5 Å². The topological polar surface area (TPSA) is 51.4 Å². The van der Waals surface area contributed by atoms with Gasteiger partial charge >= 0.3 is 0 Å². The standard InChI is InChI=1S/C14H19N3OS/c1-18-9-11-4-5-17(8-11)7-10-2-3-12-13(6-10)19-14(15)16-12/h2-3,6,11H,4-5,7-9H2,1H3,(H2,15,16). The van der Waals surface area contributed by atoms with Crippen LogP contribution < -0.4 is 5.73 Å². The number of aromatic nitrogens is 1. The van der Waals surface area contributed by atoms with Crippen LogP contribution in [0, 0.1) is 5.92 Å². The van der Waals surface area contributed by atoms with Gasteiger partial charge in [-0.15, -0.1) is 0 Å². The smallest absolute Gasteiger partial charge is 0.181 e. The fourth-order valence-corrected chi connectivity index (χ4v) is 3.57. The van der Waals surface area contributed by atoms with E-state index in [-0.39, 0.29) is 0 Å². The summed E-state index contributed by atoms with van der Waals surface area (Å²) in [6.07, 6.45) is 1.24. The van der Waals surface area contributed by atoms with Gasteiger partial charge < -0.3 is 10.5 Å². The first-order valence-corrected chi connectivity index (χ1v) is 7.42. The summed E-state index contributed by atoms with van der Waals surface area (Å²) in [6.45, 7) is 4.18. The van der Waals surface area contributed by atoms with Crippen LogP contribution in [-0.2, 0) is 11.3 Å². The lowest BCUT2D eigenvalue weighted by Gasteiger charge is -2.15. The summed E-state index contributed by atoms with van der Waals surface area (Å²) in [7, 11) is 1.78. The molecule has 4 nitrogen and oxygen atoms in total. The number of anilines is 1. The molecule has 1 saturated heterocycles. The van der Waals surface area contributed by atoms with Crippen LogP contribution in [0.1, 0.15) is 12.0 Å². The monoisotopic (exact) mass is 277 g/mol. The third-order valence-electron chi connectivity index (χ3n) is 3.65. The van der Waals surface area contributed by atoms with Gasteiger partial charge in [0.25, 0.3) is 0 Å². The fourth-order valence-electron chi connectivity index (χ4n) is 2.77. The van der Waals surface area contributed by atoms with E-state index >= 15 is 0 Å². The number of thiazole rings is 1. The first-order chi connectivity index (χ1) is 9.24. The van der Waals surface area contributed by atoms with Crippen LogP contribution in [0.2, 0.25) is 0 Å². The maximum atomic E-state index is 5.74. The average Bonchev–Trinajstić information content (AvgIpc) is 2.95. The van der Waals surface area contributed by atoms with Crippen molar-refractivity contribution < 1.29 is 4.74 Å². The Labute approximate surface area is 117 Å². The molecule has 0 spiro atoms. The highest BCUT2D eigenvalue weighted by molar-refractivity contribution is 7.22. The van der Waals surface area contributed by atoms with Crippen LogP contribution in [0.4, 0.5) is 5.13 Å². The lowest BCUT2D eigenvalue weighted by atomic mass is 10.1. The number of nitrogens with zero attached hydrogens (tertiary/aromatic N) is 2. The molecule has 2 N–H and O–H groups in total. The zero-order chi connectivity index (χ0) is 13.2. The second kappa shape index (κ2) is 5.45. The Kier molecular flexibility index (Phi) is 3.68. The van der Waals surface area contributed by atoms with Gasteiger partial charge in [0.2, 0.25) is 0 Å². The number of nitrogen functional groups attached to an aromatic ring is 1. The minimum Gasteiger partial charge on any atom is -0.384 e. The molecule has 1 aromatic heterocycles. The summed E-state index contributed by atoms with van der Waals surface area (Å²) in [4.78, 5) is 6.78. The summed E-state index contributed by atoms with van der Waals surface area (Å²) >= 11 is 1.56. The van der Waals surface area contributed by atoms with Gasteiger partial charge in [-0.05, 0) is 36.6 Å². The van der Waals surface area contributed by atoms with Gasteiger partial charge in [-0.1, -0.05) is 17.4 Å². The van der Waals surface area contributed by atoms with E-state index in [9.17, 15) is 0 Å². The van der Waals surface area contributed by atoms with Crippen LogP contribution in [-0.4, -0.2) is 36.7 Å².